The van der Waals surface area contributed by atoms with Crippen molar-refractivity contribution in [2.45, 2.75) is 31.2 Å². The van der Waals surface area contributed by atoms with E-state index in [9.17, 15) is 13.2 Å². The molecule has 0 aliphatic rings. The number of nitrogens with zero attached hydrogens (tertiary/aromatic N) is 2. The lowest BCUT2D eigenvalue weighted by molar-refractivity contribution is -0.114. The average Bonchev–Trinajstić information content (AvgIpc) is 2.75. The number of alkyl halides is 1. The van der Waals surface area contributed by atoms with Gasteiger partial charge in [0.1, 0.15) is 0 Å². The molecule has 2 unspecified atom stereocenters. The molecule has 1 aromatic heterocycles. The highest BCUT2D eigenvalue weighted by molar-refractivity contribution is 9.09. The van der Waals surface area contributed by atoms with E-state index in [4.69, 9.17) is 0 Å². The van der Waals surface area contributed by atoms with Crippen LogP contribution in [0.3, 0.4) is 0 Å². The minimum absolute atomic E-state index is 0.137. The van der Waals surface area contributed by atoms with Crippen LogP contribution in [0.4, 0.5) is 5.13 Å². The Kier molecular flexibility index (Phi) is 5.83. The van der Waals surface area contributed by atoms with E-state index < -0.39 is 10.0 Å². The first-order valence-corrected chi connectivity index (χ1v) is 8.87. The molecule has 108 valence electrons. The Bertz CT molecular complexity index is 545. The van der Waals surface area contributed by atoms with E-state index in [1.807, 2.05) is 6.92 Å². The number of hydrogen-bond donors (Lipinski definition) is 2. The molecule has 7 nitrogen and oxygen atoms in total. The van der Waals surface area contributed by atoms with Crippen molar-refractivity contribution < 1.29 is 13.2 Å². The second-order valence-corrected chi connectivity index (χ2v) is 7.61. The van der Waals surface area contributed by atoms with E-state index >= 15 is 0 Å². The van der Waals surface area contributed by atoms with Crippen LogP contribution in [-0.2, 0) is 14.8 Å². The molecule has 0 spiro atoms. The van der Waals surface area contributed by atoms with Crippen molar-refractivity contribution in [2.75, 3.05) is 10.6 Å². The van der Waals surface area contributed by atoms with Crippen LogP contribution in [0.2, 0.25) is 0 Å². The van der Waals surface area contributed by atoms with Gasteiger partial charge in [-0.1, -0.05) is 34.2 Å². The van der Waals surface area contributed by atoms with Gasteiger partial charge in [0.2, 0.25) is 15.4 Å². The van der Waals surface area contributed by atoms with Gasteiger partial charge in [0.15, 0.2) is 0 Å². The summed E-state index contributed by atoms with van der Waals surface area (Å²) in [5.41, 5.74) is 0. The lowest BCUT2D eigenvalue weighted by atomic mass is 10.1. The van der Waals surface area contributed by atoms with Crippen molar-refractivity contribution >= 4 is 48.3 Å². The van der Waals surface area contributed by atoms with Crippen LogP contribution in [0, 0.1) is 5.92 Å². The first-order valence-electron chi connectivity index (χ1n) is 5.45. The van der Waals surface area contributed by atoms with Gasteiger partial charge in [-0.2, -0.15) is 0 Å². The van der Waals surface area contributed by atoms with Crippen LogP contribution in [-0.4, -0.2) is 35.9 Å². The minimum Gasteiger partial charge on any atom is -0.301 e. The average molecular weight is 371 g/mol. The fraction of sp³-hybridized carbons (Fsp3) is 0.667. The number of hydrogen-bond acceptors (Lipinski definition) is 6. The van der Waals surface area contributed by atoms with Crippen molar-refractivity contribution in [1.29, 1.82) is 0 Å². The molecule has 1 rings (SSSR count). The van der Waals surface area contributed by atoms with Crippen molar-refractivity contribution in [1.82, 2.24) is 14.9 Å². The SMILES string of the molecule is CC(=O)Nc1nnc(S(=O)(=O)NC(C)C(C)CBr)s1. The molecule has 1 heterocycles. The normalized spacial score (nSPS) is 14.9. The molecule has 2 atom stereocenters. The maximum Gasteiger partial charge on any atom is 0.270 e. The molecule has 0 bridgehead atoms. The largest absolute Gasteiger partial charge is 0.301 e. The number of aromatic nitrogens is 2. The highest BCUT2D eigenvalue weighted by Crippen LogP contribution is 2.20. The molecule has 0 fully saturated rings. The monoisotopic (exact) mass is 370 g/mol. The third-order valence-electron chi connectivity index (χ3n) is 2.36. The van der Waals surface area contributed by atoms with Crippen LogP contribution in [0.15, 0.2) is 4.34 Å². The van der Waals surface area contributed by atoms with E-state index in [1.54, 1.807) is 6.92 Å². The van der Waals surface area contributed by atoms with Gasteiger partial charge >= 0.3 is 0 Å². The lowest BCUT2D eigenvalue weighted by Crippen LogP contribution is -2.37. The Morgan fingerprint density at radius 3 is 2.58 bits per heavy atom. The summed E-state index contributed by atoms with van der Waals surface area (Å²) in [4.78, 5) is 10.8. The predicted molar refractivity (Wildman–Crippen MR) is 77.0 cm³/mol. The number of carbonyl (C=O) groups excluding carboxylic acids is 1. The smallest absolute Gasteiger partial charge is 0.270 e. The number of carbonyl (C=O) groups is 1. The number of sulfonamides is 1. The van der Waals surface area contributed by atoms with Gasteiger partial charge < -0.3 is 5.32 Å². The molecule has 19 heavy (non-hydrogen) atoms. The highest BCUT2D eigenvalue weighted by atomic mass is 79.9. The Labute approximate surface area is 124 Å². The summed E-state index contributed by atoms with van der Waals surface area (Å²) in [6.45, 7) is 5.01. The molecule has 1 amide bonds. The van der Waals surface area contributed by atoms with Crippen molar-refractivity contribution in [2.24, 2.45) is 5.92 Å². The molecule has 10 heteroatoms. The molecular weight excluding hydrogens is 356 g/mol. The standard InChI is InChI=1S/C9H15BrN4O3S2/c1-5(4-10)6(2)14-19(16,17)9-13-12-8(18-9)11-7(3)15/h5-6,14H,4H2,1-3H3,(H,11,12,15). The van der Waals surface area contributed by atoms with Gasteiger partial charge in [-0.25, -0.2) is 13.1 Å². The maximum atomic E-state index is 12.0. The van der Waals surface area contributed by atoms with Gasteiger partial charge in [-0.05, 0) is 12.8 Å². The molecule has 0 aliphatic carbocycles. The molecular formula is C9H15BrN4O3S2. The zero-order chi connectivity index (χ0) is 14.6. The maximum absolute atomic E-state index is 12.0. The van der Waals surface area contributed by atoms with E-state index in [0.29, 0.717) is 5.33 Å². The number of anilines is 1. The number of amides is 1. The van der Waals surface area contributed by atoms with E-state index in [-0.39, 0.29) is 27.3 Å². The molecule has 1 aromatic rings. The Hall–Kier alpha value is -0.580. The highest BCUT2D eigenvalue weighted by Gasteiger charge is 2.24. The van der Waals surface area contributed by atoms with Gasteiger partial charge in [-0.15, -0.1) is 10.2 Å². The fourth-order valence-electron chi connectivity index (χ4n) is 1.06. The summed E-state index contributed by atoms with van der Waals surface area (Å²) in [6, 6.07) is -0.238. The fourth-order valence-corrected chi connectivity index (χ4v) is 3.94. The van der Waals surface area contributed by atoms with E-state index in [2.05, 4.69) is 36.2 Å². The van der Waals surface area contributed by atoms with Crippen molar-refractivity contribution in [3.05, 3.63) is 0 Å². The Morgan fingerprint density at radius 2 is 2.05 bits per heavy atom. The van der Waals surface area contributed by atoms with E-state index in [0.717, 1.165) is 11.3 Å². The molecule has 0 saturated carbocycles. The molecule has 0 aliphatic heterocycles. The summed E-state index contributed by atoms with van der Waals surface area (Å²) in [6.07, 6.45) is 0. The Morgan fingerprint density at radius 1 is 1.42 bits per heavy atom. The van der Waals surface area contributed by atoms with Crippen LogP contribution in [0.1, 0.15) is 20.8 Å². The van der Waals surface area contributed by atoms with Crippen LogP contribution in [0.25, 0.3) is 0 Å². The van der Waals surface area contributed by atoms with Gasteiger partial charge in [0.25, 0.3) is 10.0 Å². The number of rotatable bonds is 6. The second kappa shape index (κ2) is 6.73. The molecule has 0 radical (unpaired) electrons. The van der Waals surface area contributed by atoms with Crippen LogP contribution < -0.4 is 10.0 Å². The summed E-state index contributed by atoms with van der Waals surface area (Å²) < 4.78 is 26.4. The molecule has 0 aromatic carbocycles. The van der Waals surface area contributed by atoms with Crippen LogP contribution in [0.5, 0.6) is 0 Å². The molecule has 0 saturated heterocycles. The quantitative estimate of drug-likeness (QED) is 0.578. The molecule has 2 N–H and O–H groups in total. The topological polar surface area (TPSA) is 101 Å². The first kappa shape index (κ1) is 16.5. The van der Waals surface area contributed by atoms with Crippen molar-refractivity contribution in [3.63, 3.8) is 0 Å². The minimum atomic E-state index is -3.71. The predicted octanol–water partition coefficient (Wildman–Crippen LogP) is 1.19. The van der Waals surface area contributed by atoms with E-state index in [1.165, 1.54) is 6.92 Å². The number of nitrogens with one attached hydrogen (secondary N) is 2. The summed E-state index contributed by atoms with van der Waals surface area (Å²) in [5.74, 6) is -0.188. The summed E-state index contributed by atoms with van der Waals surface area (Å²) >= 11 is 4.12. The Balaban J connectivity index is 2.83. The van der Waals surface area contributed by atoms with Crippen LogP contribution >= 0.6 is 27.3 Å². The lowest BCUT2D eigenvalue weighted by Gasteiger charge is -2.17. The zero-order valence-corrected chi connectivity index (χ0v) is 13.9. The van der Waals surface area contributed by atoms with Gasteiger partial charge in [-0.3, -0.25) is 4.79 Å². The zero-order valence-electron chi connectivity index (χ0n) is 10.7. The summed E-state index contributed by atoms with van der Waals surface area (Å²) in [7, 11) is -3.71. The first-order chi connectivity index (χ1) is 8.76. The van der Waals surface area contributed by atoms with Crippen molar-refractivity contribution in [3.8, 4) is 0 Å². The third kappa shape index (κ3) is 4.79. The van der Waals surface area contributed by atoms with Gasteiger partial charge in [0.05, 0.1) is 0 Å². The number of halogens is 1. The van der Waals surface area contributed by atoms with Gasteiger partial charge in [0, 0.05) is 18.3 Å². The third-order valence-corrected chi connectivity index (χ3v) is 6.14. The second-order valence-electron chi connectivity index (χ2n) is 4.10. The summed E-state index contributed by atoms with van der Waals surface area (Å²) in [5, 5.41) is 10.4.